The SMILES string of the molecule is Cc1ccc(OCC(=O)Nc2ccc(N3C(C)COCC3C)cc2)cc1. The number of hydrogen-bond acceptors (Lipinski definition) is 4. The molecule has 3 rings (SSSR count). The molecule has 0 aromatic heterocycles. The molecule has 1 N–H and O–H groups in total. The highest BCUT2D eigenvalue weighted by atomic mass is 16.5. The van der Waals surface area contributed by atoms with Crippen LogP contribution in [0.4, 0.5) is 11.4 Å². The summed E-state index contributed by atoms with van der Waals surface area (Å²) in [4.78, 5) is 14.4. The Hall–Kier alpha value is -2.53. The molecule has 0 bridgehead atoms. The molecule has 2 atom stereocenters. The van der Waals surface area contributed by atoms with Crippen LogP contribution in [0, 0.1) is 6.92 Å². The Kier molecular flexibility index (Phi) is 5.78. The molecule has 138 valence electrons. The maximum atomic E-state index is 12.1. The van der Waals surface area contributed by atoms with Crippen LogP contribution in [0.1, 0.15) is 19.4 Å². The van der Waals surface area contributed by atoms with E-state index < -0.39 is 0 Å². The first-order valence-electron chi connectivity index (χ1n) is 8.98. The van der Waals surface area contributed by atoms with E-state index in [9.17, 15) is 4.79 Å². The van der Waals surface area contributed by atoms with Gasteiger partial charge in [-0.05, 0) is 57.2 Å². The molecule has 1 aliphatic rings. The molecule has 2 aromatic carbocycles. The number of morpholine rings is 1. The lowest BCUT2D eigenvalue weighted by molar-refractivity contribution is -0.118. The fourth-order valence-electron chi connectivity index (χ4n) is 3.21. The van der Waals surface area contributed by atoms with E-state index in [-0.39, 0.29) is 12.5 Å². The van der Waals surface area contributed by atoms with Crippen LogP contribution in [-0.2, 0) is 9.53 Å². The number of ether oxygens (including phenoxy) is 2. The summed E-state index contributed by atoms with van der Waals surface area (Å²) in [5, 5.41) is 2.87. The molecule has 2 unspecified atom stereocenters. The standard InChI is InChI=1S/C21H26N2O3/c1-15-4-10-20(11-5-15)26-14-21(24)22-18-6-8-19(9-7-18)23-16(2)12-25-13-17(23)3/h4-11,16-17H,12-14H2,1-3H3,(H,22,24). The van der Waals surface area contributed by atoms with E-state index in [1.165, 1.54) is 0 Å². The van der Waals surface area contributed by atoms with Gasteiger partial charge in [-0.1, -0.05) is 17.7 Å². The van der Waals surface area contributed by atoms with Gasteiger partial charge in [-0.2, -0.15) is 0 Å². The summed E-state index contributed by atoms with van der Waals surface area (Å²) >= 11 is 0. The summed E-state index contributed by atoms with van der Waals surface area (Å²) in [5.74, 6) is 0.517. The fraction of sp³-hybridized carbons (Fsp3) is 0.381. The largest absolute Gasteiger partial charge is 0.484 e. The van der Waals surface area contributed by atoms with E-state index in [1.807, 2.05) is 55.5 Å². The lowest BCUT2D eigenvalue weighted by Gasteiger charge is -2.40. The maximum Gasteiger partial charge on any atom is 0.262 e. The van der Waals surface area contributed by atoms with E-state index >= 15 is 0 Å². The Morgan fingerprint density at radius 3 is 2.31 bits per heavy atom. The van der Waals surface area contributed by atoms with Crippen molar-refractivity contribution in [3.05, 3.63) is 54.1 Å². The first kappa shape index (κ1) is 18.3. The summed E-state index contributed by atoms with van der Waals surface area (Å²) in [6, 6.07) is 16.2. The normalized spacial score (nSPS) is 19.9. The van der Waals surface area contributed by atoms with Gasteiger partial charge in [-0.3, -0.25) is 4.79 Å². The van der Waals surface area contributed by atoms with Crippen LogP contribution in [0.3, 0.4) is 0 Å². The molecule has 0 aliphatic carbocycles. The predicted molar refractivity (Wildman–Crippen MR) is 104 cm³/mol. The second-order valence-corrected chi connectivity index (χ2v) is 6.84. The van der Waals surface area contributed by atoms with E-state index in [1.54, 1.807) is 0 Å². The quantitative estimate of drug-likeness (QED) is 0.891. The van der Waals surface area contributed by atoms with Gasteiger partial charge in [0.2, 0.25) is 0 Å². The Morgan fingerprint density at radius 1 is 1.08 bits per heavy atom. The zero-order valence-electron chi connectivity index (χ0n) is 15.6. The van der Waals surface area contributed by atoms with E-state index in [0.29, 0.717) is 17.8 Å². The van der Waals surface area contributed by atoms with Crippen LogP contribution in [0.2, 0.25) is 0 Å². The predicted octanol–water partition coefficient (Wildman–Crippen LogP) is 3.63. The summed E-state index contributed by atoms with van der Waals surface area (Å²) in [7, 11) is 0. The average Bonchev–Trinajstić information content (AvgIpc) is 2.62. The molecule has 26 heavy (non-hydrogen) atoms. The minimum Gasteiger partial charge on any atom is -0.484 e. The molecule has 5 heteroatoms. The molecular weight excluding hydrogens is 328 g/mol. The number of aryl methyl sites for hydroxylation is 1. The smallest absolute Gasteiger partial charge is 0.262 e. The van der Waals surface area contributed by atoms with Gasteiger partial charge in [-0.15, -0.1) is 0 Å². The molecule has 0 spiro atoms. The van der Waals surface area contributed by atoms with Crippen molar-refractivity contribution in [3.63, 3.8) is 0 Å². The summed E-state index contributed by atoms with van der Waals surface area (Å²) in [5.41, 5.74) is 3.06. The second-order valence-electron chi connectivity index (χ2n) is 6.84. The Bertz CT molecular complexity index is 718. The summed E-state index contributed by atoms with van der Waals surface area (Å²) in [6.45, 7) is 7.79. The van der Waals surface area contributed by atoms with Crippen LogP contribution in [-0.4, -0.2) is 37.8 Å². The van der Waals surface area contributed by atoms with E-state index in [4.69, 9.17) is 9.47 Å². The molecule has 1 saturated heterocycles. The van der Waals surface area contributed by atoms with Gasteiger partial charge in [0.05, 0.1) is 13.2 Å². The first-order chi connectivity index (χ1) is 12.5. The zero-order chi connectivity index (χ0) is 18.5. The van der Waals surface area contributed by atoms with Crippen molar-refractivity contribution in [1.82, 2.24) is 0 Å². The van der Waals surface area contributed by atoms with Crippen molar-refractivity contribution in [3.8, 4) is 5.75 Å². The third kappa shape index (κ3) is 4.55. The third-order valence-electron chi connectivity index (χ3n) is 4.51. The summed E-state index contributed by atoms with van der Waals surface area (Å²) in [6.07, 6.45) is 0. The van der Waals surface area contributed by atoms with Crippen molar-refractivity contribution in [2.75, 3.05) is 30.0 Å². The van der Waals surface area contributed by atoms with Gasteiger partial charge < -0.3 is 19.7 Å². The van der Waals surface area contributed by atoms with Gasteiger partial charge in [0.1, 0.15) is 5.75 Å². The number of carbonyl (C=O) groups excluding carboxylic acids is 1. The van der Waals surface area contributed by atoms with Gasteiger partial charge >= 0.3 is 0 Å². The molecule has 0 saturated carbocycles. The highest BCUT2D eigenvalue weighted by Crippen LogP contribution is 2.25. The van der Waals surface area contributed by atoms with Gasteiger partial charge in [0.15, 0.2) is 6.61 Å². The number of amides is 1. The topological polar surface area (TPSA) is 50.8 Å². The average molecular weight is 354 g/mol. The Morgan fingerprint density at radius 2 is 1.69 bits per heavy atom. The molecular formula is C21H26N2O3. The number of rotatable bonds is 5. The first-order valence-corrected chi connectivity index (χ1v) is 8.98. The van der Waals surface area contributed by atoms with Crippen molar-refractivity contribution in [2.45, 2.75) is 32.9 Å². The lowest BCUT2D eigenvalue weighted by atomic mass is 10.1. The molecule has 2 aromatic rings. The molecule has 1 fully saturated rings. The monoisotopic (exact) mass is 354 g/mol. The Balaban J connectivity index is 1.55. The highest BCUT2D eigenvalue weighted by molar-refractivity contribution is 5.92. The van der Waals surface area contributed by atoms with Gasteiger partial charge in [-0.25, -0.2) is 0 Å². The van der Waals surface area contributed by atoms with Crippen LogP contribution in [0.5, 0.6) is 5.75 Å². The number of hydrogen-bond donors (Lipinski definition) is 1. The number of benzene rings is 2. The van der Waals surface area contributed by atoms with E-state index in [0.717, 1.165) is 30.2 Å². The van der Waals surface area contributed by atoms with Crippen LogP contribution < -0.4 is 15.0 Å². The molecule has 1 aliphatic heterocycles. The minimum absolute atomic E-state index is 0.0116. The van der Waals surface area contributed by atoms with Crippen LogP contribution in [0.25, 0.3) is 0 Å². The van der Waals surface area contributed by atoms with E-state index in [2.05, 4.69) is 24.1 Å². The minimum atomic E-state index is -0.175. The Labute approximate surface area is 154 Å². The molecule has 5 nitrogen and oxygen atoms in total. The van der Waals surface area contributed by atoms with Gasteiger partial charge in [0, 0.05) is 23.5 Å². The number of anilines is 2. The third-order valence-corrected chi connectivity index (χ3v) is 4.51. The molecule has 1 amide bonds. The summed E-state index contributed by atoms with van der Waals surface area (Å²) < 4.78 is 11.1. The number of nitrogens with one attached hydrogen (secondary N) is 1. The van der Waals surface area contributed by atoms with Crippen molar-refractivity contribution in [1.29, 1.82) is 0 Å². The number of carbonyl (C=O) groups is 1. The van der Waals surface area contributed by atoms with Crippen LogP contribution in [0.15, 0.2) is 48.5 Å². The van der Waals surface area contributed by atoms with Crippen molar-refractivity contribution >= 4 is 17.3 Å². The zero-order valence-corrected chi connectivity index (χ0v) is 15.6. The van der Waals surface area contributed by atoms with Gasteiger partial charge in [0.25, 0.3) is 5.91 Å². The second kappa shape index (κ2) is 8.23. The number of nitrogens with zero attached hydrogens (tertiary/aromatic N) is 1. The molecule has 1 heterocycles. The van der Waals surface area contributed by atoms with Crippen molar-refractivity contribution < 1.29 is 14.3 Å². The lowest BCUT2D eigenvalue weighted by Crippen LogP contribution is -2.49. The molecule has 0 radical (unpaired) electrons. The van der Waals surface area contributed by atoms with Crippen molar-refractivity contribution in [2.24, 2.45) is 0 Å². The van der Waals surface area contributed by atoms with Crippen LogP contribution >= 0.6 is 0 Å². The maximum absolute atomic E-state index is 12.1. The highest BCUT2D eigenvalue weighted by Gasteiger charge is 2.25. The fourth-order valence-corrected chi connectivity index (χ4v) is 3.21.